The highest BCUT2D eigenvalue weighted by atomic mass is 32.1. The standard InChI is InChI=1S/C14H15N2OS/c1-3-4-13-15-11-8-16(17)12-6-5-9(2)7-10(12)14(11)18-13/h5-8,17H,3-4H2,1-2H3/q+1. The molecule has 92 valence electrons. The van der Waals surface area contributed by atoms with E-state index in [9.17, 15) is 5.21 Å². The third kappa shape index (κ3) is 1.73. The summed E-state index contributed by atoms with van der Waals surface area (Å²) >= 11 is 1.73. The van der Waals surface area contributed by atoms with Crippen LogP contribution in [0.25, 0.3) is 21.1 Å². The van der Waals surface area contributed by atoms with Crippen LogP contribution in [0.2, 0.25) is 0 Å². The molecule has 3 aromatic rings. The molecule has 0 bridgehead atoms. The van der Waals surface area contributed by atoms with Gasteiger partial charge in [0.25, 0.3) is 5.52 Å². The molecule has 3 rings (SSSR count). The van der Waals surface area contributed by atoms with Crippen molar-refractivity contribution in [1.29, 1.82) is 0 Å². The number of fused-ring (bicyclic) bond motifs is 3. The highest BCUT2D eigenvalue weighted by molar-refractivity contribution is 7.19. The predicted octanol–water partition coefficient (Wildman–Crippen LogP) is 3.24. The van der Waals surface area contributed by atoms with E-state index in [2.05, 4.69) is 24.9 Å². The molecule has 2 aromatic heterocycles. The maximum atomic E-state index is 9.98. The first kappa shape index (κ1) is 11.4. The van der Waals surface area contributed by atoms with E-state index in [-0.39, 0.29) is 0 Å². The fourth-order valence-corrected chi connectivity index (χ4v) is 3.36. The van der Waals surface area contributed by atoms with Gasteiger partial charge < -0.3 is 0 Å². The van der Waals surface area contributed by atoms with Crippen LogP contribution in [0.5, 0.6) is 0 Å². The number of hydrogen-bond acceptors (Lipinski definition) is 3. The Hall–Kier alpha value is -1.68. The van der Waals surface area contributed by atoms with Gasteiger partial charge in [0, 0.05) is 10.8 Å². The van der Waals surface area contributed by atoms with Gasteiger partial charge in [0.05, 0.1) is 15.1 Å². The molecule has 0 saturated carbocycles. The normalized spacial score (nSPS) is 11.4. The Morgan fingerprint density at radius 1 is 1.39 bits per heavy atom. The molecule has 0 spiro atoms. The van der Waals surface area contributed by atoms with Crippen LogP contribution in [0.3, 0.4) is 0 Å². The van der Waals surface area contributed by atoms with Crippen LogP contribution in [-0.4, -0.2) is 10.2 Å². The molecular formula is C14H15N2OS+. The first-order chi connectivity index (χ1) is 8.69. The van der Waals surface area contributed by atoms with Crippen LogP contribution in [-0.2, 0) is 6.42 Å². The average molecular weight is 259 g/mol. The van der Waals surface area contributed by atoms with E-state index in [4.69, 9.17) is 0 Å². The Balaban J connectivity index is 2.39. The lowest BCUT2D eigenvalue weighted by molar-refractivity contribution is -0.883. The predicted molar refractivity (Wildman–Crippen MR) is 73.2 cm³/mol. The SMILES string of the molecule is CCCc1nc2c[n+](O)c3ccc(C)cc3c2s1. The zero-order valence-electron chi connectivity index (χ0n) is 10.5. The van der Waals surface area contributed by atoms with Crippen molar-refractivity contribution in [3.05, 3.63) is 35.0 Å². The lowest BCUT2D eigenvalue weighted by Gasteiger charge is -1.96. The summed E-state index contributed by atoms with van der Waals surface area (Å²) in [6.45, 7) is 4.22. The number of benzene rings is 1. The second kappa shape index (κ2) is 4.21. The van der Waals surface area contributed by atoms with Crippen molar-refractivity contribution in [1.82, 2.24) is 4.98 Å². The van der Waals surface area contributed by atoms with Crippen LogP contribution in [0.15, 0.2) is 24.4 Å². The summed E-state index contributed by atoms with van der Waals surface area (Å²) < 4.78 is 2.34. The highest BCUT2D eigenvalue weighted by Crippen LogP contribution is 2.29. The number of thiazole rings is 1. The zero-order chi connectivity index (χ0) is 12.7. The number of aryl methyl sites for hydroxylation is 2. The summed E-state index contributed by atoms with van der Waals surface area (Å²) in [6, 6.07) is 6.07. The minimum absolute atomic E-state index is 0.833. The van der Waals surface area contributed by atoms with E-state index >= 15 is 0 Å². The smallest absolute Gasteiger partial charge is 0.266 e. The second-order valence-electron chi connectivity index (χ2n) is 4.57. The monoisotopic (exact) mass is 259 g/mol. The number of aromatic nitrogens is 2. The minimum Gasteiger partial charge on any atom is -0.284 e. The van der Waals surface area contributed by atoms with Gasteiger partial charge in [0.1, 0.15) is 0 Å². The zero-order valence-corrected chi connectivity index (χ0v) is 11.3. The summed E-state index contributed by atoms with van der Waals surface area (Å²) in [7, 11) is 0. The van der Waals surface area contributed by atoms with Crippen LogP contribution in [0.1, 0.15) is 23.9 Å². The molecular weight excluding hydrogens is 244 g/mol. The lowest BCUT2D eigenvalue weighted by Crippen LogP contribution is -2.30. The summed E-state index contributed by atoms with van der Waals surface area (Å²) in [6.07, 6.45) is 3.79. The third-order valence-corrected chi connectivity index (χ3v) is 4.21. The molecule has 0 aliphatic carbocycles. The van der Waals surface area contributed by atoms with E-state index in [1.54, 1.807) is 17.5 Å². The Kier molecular flexibility index (Phi) is 2.67. The number of hydrogen-bond donors (Lipinski definition) is 1. The largest absolute Gasteiger partial charge is 0.284 e. The molecule has 0 radical (unpaired) electrons. The quantitative estimate of drug-likeness (QED) is 0.566. The minimum atomic E-state index is 0.833. The Bertz CT molecular complexity index is 733. The summed E-state index contributed by atoms with van der Waals surface area (Å²) in [5.41, 5.74) is 2.91. The van der Waals surface area contributed by atoms with Gasteiger partial charge in [0.15, 0.2) is 5.52 Å². The molecule has 0 saturated heterocycles. The van der Waals surface area contributed by atoms with Crippen molar-refractivity contribution < 1.29 is 9.94 Å². The molecule has 18 heavy (non-hydrogen) atoms. The van der Waals surface area contributed by atoms with Gasteiger partial charge in [-0.05, 0) is 31.4 Å². The molecule has 0 unspecified atom stereocenters. The Morgan fingerprint density at radius 3 is 3.00 bits per heavy atom. The second-order valence-corrected chi connectivity index (χ2v) is 5.65. The van der Waals surface area contributed by atoms with E-state index in [0.29, 0.717) is 0 Å². The lowest BCUT2D eigenvalue weighted by atomic mass is 10.1. The van der Waals surface area contributed by atoms with Gasteiger partial charge in [-0.2, -0.15) is 0 Å². The van der Waals surface area contributed by atoms with Crippen LogP contribution >= 0.6 is 11.3 Å². The average Bonchev–Trinajstić information content (AvgIpc) is 2.72. The molecule has 0 amide bonds. The summed E-state index contributed by atoms with van der Waals surface area (Å²) in [4.78, 5) is 4.58. The van der Waals surface area contributed by atoms with Crippen molar-refractivity contribution in [2.24, 2.45) is 0 Å². The van der Waals surface area contributed by atoms with Crippen molar-refractivity contribution in [3.8, 4) is 0 Å². The number of pyridine rings is 1. The molecule has 3 nitrogen and oxygen atoms in total. The maximum absolute atomic E-state index is 9.98. The van der Waals surface area contributed by atoms with Gasteiger partial charge >= 0.3 is 0 Å². The van der Waals surface area contributed by atoms with Crippen LogP contribution in [0, 0.1) is 6.92 Å². The number of rotatable bonds is 2. The van der Waals surface area contributed by atoms with Gasteiger partial charge in [-0.1, -0.05) is 13.0 Å². The first-order valence-electron chi connectivity index (χ1n) is 6.12. The summed E-state index contributed by atoms with van der Waals surface area (Å²) in [5.74, 6) is 0. The molecule has 2 heterocycles. The van der Waals surface area contributed by atoms with E-state index in [1.807, 2.05) is 12.1 Å². The molecule has 0 fully saturated rings. The molecule has 1 aromatic carbocycles. The highest BCUT2D eigenvalue weighted by Gasteiger charge is 2.16. The van der Waals surface area contributed by atoms with Crippen molar-refractivity contribution >= 4 is 32.5 Å². The fraction of sp³-hybridized carbons (Fsp3) is 0.286. The van der Waals surface area contributed by atoms with Crippen molar-refractivity contribution in [2.45, 2.75) is 26.7 Å². The first-order valence-corrected chi connectivity index (χ1v) is 6.94. The molecule has 1 N–H and O–H groups in total. The number of nitrogens with zero attached hydrogens (tertiary/aromatic N) is 2. The third-order valence-electron chi connectivity index (χ3n) is 3.05. The van der Waals surface area contributed by atoms with Gasteiger partial charge in [-0.15, -0.1) is 11.3 Å². The van der Waals surface area contributed by atoms with E-state index in [1.165, 1.54) is 15.0 Å². The van der Waals surface area contributed by atoms with Crippen molar-refractivity contribution in [3.63, 3.8) is 0 Å². The van der Waals surface area contributed by atoms with E-state index in [0.717, 1.165) is 34.3 Å². The van der Waals surface area contributed by atoms with Crippen LogP contribution < -0.4 is 4.73 Å². The van der Waals surface area contributed by atoms with Crippen LogP contribution in [0.4, 0.5) is 0 Å². The molecule has 4 heteroatoms. The fourth-order valence-electron chi connectivity index (χ4n) is 2.20. The van der Waals surface area contributed by atoms with Gasteiger partial charge in [-0.3, -0.25) is 5.21 Å². The maximum Gasteiger partial charge on any atom is 0.266 e. The molecule has 0 aliphatic heterocycles. The Morgan fingerprint density at radius 2 is 2.22 bits per heavy atom. The summed E-state index contributed by atoms with van der Waals surface area (Å²) in [5, 5.41) is 12.2. The molecule has 0 aliphatic rings. The Labute approximate surface area is 109 Å². The van der Waals surface area contributed by atoms with Gasteiger partial charge in [-0.25, -0.2) is 4.98 Å². The van der Waals surface area contributed by atoms with Gasteiger partial charge in [0.2, 0.25) is 6.20 Å². The molecule has 0 atom stereocenters. The van der Waals surface area contributed by atoms with Crippen molar-refractivity contribution in [2.75, 3.05) is 0 Å². The topological polar surface area (TPSA) is 37.0 Å². The van der Waals surface area contributed by atoms with E-state index < -0.39 is 0 Å².